The molecule has 0 spiro atoms. The van der Waals surface area contributed by atoms with Crippen LogP contribution in [0.2, 0.25) is 0 Å². The van der Waals surface area contributed by atoms with Crippen LogP contribution in [-0.4, -0.2) is 0 Å². The number of hydrogen-bond donors (Lipinski definition) is 0. The number of hydrogen-bond acceptors (Lipinski definition) is 0. The molecule has 0 amide bonds. The van der Waals surface area contributed by atoms with Crippen LogP contribution >= 0.6 is 0 Å². The Morgan fingerprint density at radius 1 is 0.514 bits per heavy atom. The first-order valence-electron chi connectivity index (χ1n) is 12.1. The number of aryl methyl sites for hydroxylation is 6. The van der Waals surface area contributed by atoms with Crippen molar-refractivity contribution in [2.45, 2.75) is 67.7 Å². The Labute approximate surface area is 258 Å². The first kappa shape index (κ1) is 35.7. The van der Waals surface area contributed by atoms with Crippen molar-refractivity contribution >= 4 is 0 Å². The minimum Gasteiger partial charge on any atom is -1.00 e. The van der Waals surface area contributed by atoms with Gasteiger partial charge in [-0.25, -0.2) is 5.57 Å². The van der Waals surface area contributed by atoms with E-state index in [2.05, 4.69) is 123 Å². The van der Waals surface area contributed by atoms with E-state index in [-0.39, 0.29) is 70.3 Å². The molecule has 0 saturated heterocycles. The second-order valence-corrected chi connectivity index (χ2v) is 10.4. The number of benzene rings is 3. The third kappa shape index (κ3) is 6.66. The maximum Gasteiger partial charge on any atom is 4.00 e. The fourth-order valence-corrected chi connectivity index (χ4v) is 6.18. The molecule has 194 valence electrons. The van der Waals surface area contributed by atoms with Gasteiger partial charge in [0, 0.05) is 5.41 Å². The predicted molar refractivity (Wildman–Crippen MR) is 142 cm³/mol. The average Bonchev–Trinajstić information content (AvgIpc) is 2.93. The zero-order chi connectivity index (χ0) is 24.1. The molecule has 0 aliphatic heterocycles. The van der Waals surface area contributed by atoms with Crippen LogP contribution in [0.3, 0.4) is 0 Å². The standard InChI is InChI=1S/C33H37.3ClH.Ti/c1-20-10-21(2)14-29(13-20)33(30-15-22(3)11-23(4)16-30,31-17-24(5)12-25(6)18-31)32-27(8)19-26(7)28(32)9;;;;/h10-18,27H,1-9H3;3*1H;/q-1;;;;+4/p-3. The molecule has 4 rings (SSSR count). The van der Waals surface area contributed by atoms with Gasteiger partial charge in [0.05, 0.1) is 0 Å². The van der Waals surface area contributed by atoms with E-state index in [9.17, 15) is 0 Å². The van der Waals surface area contributed by atoms with Crippen molar-refractivity contribution in [1.82, 2.24) is 0 Å². The molecule has 1 aliphatic rings. The van der Waals surface area contributed by atoms with E-state index >= 15 is 0 Å². The zero-order valence-corrected chi connectivity index (χ0v) is 27.2. The quantitative estimate of drug-likeness (QED) is 0.222. The Morgan fingerprint density at radius 3 is 1.00 bits per heavy atom. The third-order valence-electron chi connectivity index (χ3n) is 7.20. The van der Waals surface area contributed by atoms with E-state index in [1.807, 2.05) is 0 Å². The second-order valence-electron chi connectivity index (χ2n) is 10.4. The van der Waals surface area contributed by atoms with Gasteiger partial charge in [-0.1, -0.05) is 108 Å². The van der Waals surface area contributed by atoms with Gasteiger partial charge < -0.3 is 37.2 Å². The molecule has 1 atom stereocenters. The molecule has 0 N–H and O–H groups in total. The molecule has 1 unspecified atom stereocenters. The largest absolute Gasteiger partial charge is 4.00 e. The summed E-state index contributed by atoms with van der Waals surface area (Å²) in [7, 11) is 0. The van der Waals surface area contributed by atoms with E-state index in [0.29, 0.717) is 0 Å². The maximum absolute atomic E-state index is 3.76. The molecule has 0 nitrogen and oxygen atoms in total. The van der Waals surface area contributed by atoms with Crippen molar-refractivity contribution in [2.75, 3.05) is 0 Å². The number of halogens is 3. The van der Waals surface area contributed by atoms with Crippen LogP contribution in [0.15, 0.2) is 71.3 Å². The molecule has 3 aromatic carbocycles. The summed E-state index contributed by atoms with van der Waals surface area (Å²) in [4.78, 5) is 0. The van der Waals surface area contributed by atoms with E-state index < -0.39 is 0 Å². The van der Waals surface area contributed by atoms with Gasteiger partial charge in [-0.15, -0.1) is 12.5 Å². The molecule has 0 bridgehead atoms. The van der Waals surface area contributed by atoms with Crippen molar-refractivity contribution in [3.05, 3.63) is 127 Å². The van der Waals surface area contributed by atoms with Crippen molar-refractivity contribution in [3.8, 4) is 0 Å². The van der Waals surface area contributed by atoms with Gasteiger partial charge in [0.1, 0.15) is 0 Å². The zero-order valence-electron chi connectivity index (χ0n) is 23.4. The number of allylic oxidation sites excluding steroid dienone is 4. The molecule has 0 aromatic heterocycles. The van der Waals surface area contributed by atoms with Gasteiger partial charge in [-0.3, -0.25) is 6.08 Å². The number of rotatable bonds is 4. The topological polar surface area (TPSA) is 0 Å². The Balaban J connectivity index is 0.00000324. The Morgan fingerprint density at radius 2 is 0.784 bits per heavy atom. The summed E-state index contributed by atoms with van der Waals surface area (Å²) < 4.78 is 0. The van der Waals surface area contributed by atoms with Crippen LogP contribution in [-0.2, 0) is 27.1 Å². The molecule has 0 radical (unpaired) electrons. The summed E-state index contributed by atoms with van der Waals surface area (Å²) in [6.45, 7) is 20.2. The minimum atomic E-state index is -0.376. The molecule has 0 saturated carbocycles. The molecular formula is C33H37Cl3Ti. The molecule has 3 aromatic rings. The van der Waals surface area contributed by atoms with Crippen LogP contribution in [0.25, 0.3) is 0 Å². The predicted octanol–water partition coefficient (Wildman–Crippen LogP) is -0.403. The second kappa shape index (κ2) is 13.7. The van der Waals surface area contributed by atoms with Crippen LogP contribution in [0, 0.1) is 53.5 Å². The van der Waals surface area contributed by atoms with Crippen LogP contribution < -0.4 is 37.2 Å². The first-order valence-corrected chi connectivity index (χ1v) is 12.1. The van der Waals surface area contributed by atoms with Crippen LogP contribution in [0.1, 0.15) is 70.8 Å². The van der Waals surface area contributed by atoms with Crippen molar-refractivity contribution in [1.29, 1.82) is 0 Å². The Bertz CT molecular complexity index is 1130. The average molecular weight is 588 g/mol. The maximum atomic E-state index is 3.76. The van der Waals surface area contributed by atoms with Crippen molar-refractivity contribution < 1.29 is 58.9 Å². The van der Waals surface area contributed by atoms with E-state index in [0.717, 1.165) is 0 Å². The SMILES string of the molecule is CC1=[C-]C(C)C(C(c2cc(C)cc(C)c2)(c2cc(C)cc(C)c2)c2cc(C)cc(C)c2)=C1C.[Cl-].[Cl-].[Cl-].[Ti+4]. The smallest absolute Gasteiger partial charge is 1.00 e. The molecular weight excluding hydrogens is 551 g/mol. The van der Waals surface area contributed by atoms with Crippen LogP contribution in [0.4, 0.5) is 0 Å². The normalized spacial score (nSPS) is 14.6. The van der Waals surface area contributed by atoms with Gasteiger partial charge >= 0.3 is 21.7 Å². The van der Waals surface area contributed by atoms with Gasteiger partial charge in [0.25, 0.3) is 0 Å². The van der Waals surface area contributed by atoms with E-state index in [4.69, 9.17) is 0 Å². The third-order valence-corrected chi connectivity index (χ3v) is 7.20. The first-order chi connectivity index (χ1) is 15.5. The fraction of sp³-hybridized carbons (Fsp3) is 0.333. The van der Waals surface area contributed by atoms with Crippen molar-refractivity contribution in [3.63, 3.8) is 0 Å². The fourth-order valence-electron chi connectivity index (χ4n) is 6.18. The Kier molecular flexibility index (Phi) is 13.2. The van der Waals surface area contributed by atoms with Crippen molar-refractivity contribution in [2.24, 2.45) is 5.92 Å². The van der Waals surface area contributed by atoms with E-state index in [1.165, 1.54) is 66.8 Å². The summed E-state index contributed by atoms with van der Waals surface area (Å²) in [5, 5.41) is 0. The van der Waals surface area contributed by atoms with E-state index in [1.54, 1.807) is 0 Å². The van der Waals surface area contributed by atoms with Crippen LogP contribution in [0.5, 0.6) is 0 Å². The van der Waals surface area contributed by atoms with Gasteiger partial charge in [0.2, 0.25) is 0 Å². The summed E-state index contributed by atoms with van der Waals surface area (Å²) >= 11 is 0. The summed E-state index contributed by atoms with van der Waals surface area (Å²) in [6, 6.07) is 21.3. The molecule has 0 heterocycles. The van der Waals surface area contributed by atoms with Gasteiger partial charge in [-0.2, -0.15) is 5.57 Å². The minimum absolute atomic E-state index is 0. The monoisotopic (exact) mass is 586 g/mol. The van der Waals surface area contributed by atoms with Gasteiger partial charge in [0.15, 0.2) is 0 Å². The molecule has 37 heavy (non-hydrogen) atoms. The summed E-state index contributed by atoms with van der Waals surface area (Å²) in [5.41, 5.74) is 15.6. The Hall–Kier alpha value is -1.28. The summed E-state index contributed by atoms with van der Waals surface area (Å²) in [5.74, 6) is 0.243. The van der Waals surface area contributed by atoms with Gasteiger partial charge in [-0.05, 0) is 58.2 Å². The molecule has 4 heteroatoms. The molecule has 0 fully saturated rings. The summed E-state index contributed by atoms with van der Waals surface area (Å²) in [6.07, 6.45) is 3.76. The molecule has 1 aliphatic carbocycles.